The molecule has 1 aliphatic rings. The van der Waals surface area contributed by atoms with Gasteiger partial charge in [0.2, 0.25) is 0 Å². The summed E-state index contributed by atoms with van der Waals surface area (Å²) in [4.78, 5) is 7.40. The molecular weight excluding hydrogens is 282 g/mol. The van der Waals surface area contributed by atoms with E-state index in [9.17, 15) is 0 Å². The summed E-state index contributed by atoms with van der Waals surface area (Å²) in [6.45, 7) is 8.63. The van der Waals surface area contributed by atoms with E-state index in [2.05, 4.69) is 48.3 Å². The number of aromatic nitrogens is 1. The number of benzene rings is 1. The van der Waals surface area contributed by atoms with Crippen molar-refractivity contribution >= 4 is 29.1 Å². The quantitative estimate of drug-likeness (QED) is 0.944. The molecule has 1 aromatic heterocycles. The lowest BCUT2D eigenvalue weighted by Gasteiger charge is -2.30. The molecule has 2 heterocycles. The van der Waals surface area contributed by atoms with Crippen LogP contribution in [-0.4, -0.2) is 31.2 Å². The first-order chi connectivity index (χ1) is 9.81. The number of pyridine rings is 1. The molecule has 0 bridgehead atoms. The summed E-state index contributed by atoms with van der Waals surface area (Å²) in [5.41, 5.74) is 3.86. The van der Waals surface area contributed by atoms with Crippen LogP contribution >= 0.6 is 12.4 Å². The van der Waals surface area contributed by atoms with Crippen molar-refractivity contribution in [3.8, 4) is 0 Å². The van der Waals surface area contributed by atoms with Crippen LogP contribution in [0.1, 0.15) is 25.0 Å². The van der Waals surface area contributed by atoms with Gasteiger partial charge in [0.15, 0.2) is 0 Å². The van der Waals surface area contributed by atoms with Crippen LogP contribution in [-0.2, 0) is 12.8 Å². The van der Waals surface area contributed by atoms with E-state index in [1.54, 1.807) is 0 Å². The SMILES string of the molecule is CCc1ccc2cc(CC)c(N3CCNCC3)nc2c1.Cl. The molecule has 4 heteroatoms. The Bertz CT molecular complexity index is 606. The van der Waals surface area contributed by atoms with E-state index < -0.39 is 0 Å². The van der Waals surface area contributed by atoms with Crippen LogP contribution in [0, 0.1) is 0 Å². The van der Waals surface area contributed by atoms with Crippen molar-refractivity contribution in [2.75, 3.05) is 31.1 Å². The van der Waals surface area contributed by atoms with E-state index >= 15 is 0 Å². The number of halogens is 1. The highest BCUT2D eigenvalue weighted by Gasteiger charge is 2.15. The lowest BCUT2D eigenvalue weighted by atomic mass is 10.1. The lowest BCUT2D eigenvalue weighted by Crippen LogP contribution is -2.44. The van der Waals surface area contributed by atoms with Crippen LogP contribution in [0.5, 0.6) is 0 Å². The molecule has 0 aliphatic carbocycles. The highest BCUT2D eigenvalue weighted by molar-refractivity contribution is 5.85. The molecule has 1 N–H and O–H groups in total. The molecule has 0 saturated carbocycles. The van der Waals surface area contributed by atoms with E-state index in [-0.39, 0.29) is 12.4 Å². The Hall–Kier alpha value is -1.32. The van der Waals surface area contributed by atoms with Gasteiger partial charge in [-0.1, -0.05) is 26.0 Å². The first-order valence-electron chi connectivity index (χ1n) is 7.70. The van der Waals surface area contributed by atoms with Gasteiger partial charge in [0.05, 0.1) is 5.52 Å². The maximum Gasteiger partial charge on any atom is 0.132 e. The van der Waals surface area contributed by atoms with Crippen molar-refractivity contribution in [3.05, 3.63) is 35.4 Å². The minimum Gasteiger partial charge on any atom is -0.354 e. The highest BCUT2D eigenvalue weighted by Crippen LogP contribution is 2.25. The standard InChI is InChI=1S/C17H23N3.ClH/c1-3-13-5-6-15-12-14(4-2)17(19-16(15)11-13)20-9-7-18-8-10-20;/h5-6,11-12,18H,3-4,7-10H2,1-2H3;1H. The Morgan fingerprint density at radius 3 is 2.52 bits per heavy atom. The lowest BCUT2D eigenvalue weighted by molar-refractivity contribution is 0.584. The number of nitrogens with one attached hydrogen (secondary N) is 1. The van der Waals surface area contributed by atoms with Crippen LogP contribution < -0.4 is 10.2 Å². The molecule has 0 unspecified atom stereocenters. The smallest absolute Gasteiger partial charge is 0.132 e. The summed E-state index contributed by atoms with van der Waals surface area (Å²) >= 11 is 0. The molecule has 1 fully saturated rings. The number of nitrogens with zero attached hydrogens (tertiary/aromatic N) is 2. The van der Waals surface area contributed by atoms with E-state index in [1.165, 1.54) is 22.3 Å². The molecule has 0 radical (unpaired) electrons. The zero-order valence-corrected chi connectivity index (χ0v) is 13.7. The second kappa shape index (κ2) is 7.10. The van der Waals surface area contributed by atoms with E-state index in [0.29, 0.717) is 0 Å². The molecule has 1 aromatic carbocycles. The maximum atomic E-state index is 4.98. The molecule has 3 rings (SSSR count). The second-order valence-corrected chi connectivity index (χ2v) is 5.44. The average molecular weight is 306 g/mol. The van der Waals surface area contributed by atoms with Crippen molar-refractivity contribution < 1.29 is 0 Å². The molecule has 1 saturated heterocycles. The number of rotatable bonds is 3. The predicted molar refractivity (Wildman–Crippen MR) is 92.8 cm³/mol. The summed E-state index contributed by atoms with van der Waals surface area (Å²) in [5, 5.41) is 4.67. The van der Waals surface area contributed by atoms with Gasteiger partial charge in [-0.3, -0.25) is 0 Å². The number of fused-ring (bicyclic) bond motifs is 1. The van der Waals surface area contributed by atoms with Crippen LogP contribution in [0.15, 0.2) is 24.3 Å². The topological polar surface area (TPSA) is 28.2 Å². The number of anilines is 1. The van der Waals surface area contributed by atoms with Crippen molar-refractivity contribution in [2.24, 2.45) is 0 Å². The van der Waals surface area contributed by atoms with Crippen LogP contribution in [0.3, 0.4) is 0 Å². The average Bonchev–Trinajstić information content (AvgIpc) is 2.53. The molecule has 0 atom stereocenters. The minimum absolute atomic E-state index is 0. The summed E-state index contributed by atoms with van der Waals surface area (Å²) in [7, 11) is 0. The fraction of sp³-hybridized carbons (Fsp3) is 0.471. The first-order valence-corrected chi connectivity index (χ1v) is 7.70. The first kappa shape index (κ1) is 16.1. The molecular formula is C17H24ClN3. The summed E-state index contributed by atoms with van der Waals surface area (Å²) in [6, 6.07) is 8.98. The Balaban J connectivity index is 0.00000161. The molecule has 21 heavy (non-hydrogen) atoms. The normalized spacial score (nSPS) is 15.0. The summed E-state index contributed by atoms with van der Waals surface area (Å²) in [5.74, 6) is 1.19. The second-order valence-electron chi connectivity index (χ2n) is 5.44. The Kier molecular flexibility index (Phi) is 5.43. The fourth-order valence-electron chi connectivity index (χ4n) is 2.88. The van der Waals surface area contributed by atoms with E-state index in [4.69, 9.17) is 4.98 Å². The van der Waals surface area contributed by atoms with Gasteiger partial charge in [-0.15, -0.1) is 12.4 Å². The summed E-state index contributed by atoms with van der Waals surface area (Å²) < 4.78 is 0. The molecule has 2 aromatic rings. The number of aryl methyl sites for hydroxylation is 2. The van der Waals surface area contributed by atoms with Gasteiger partial charge in [0.1, 0.15) is 5.82 Å². The monoisotopic (exact) mass is 305 g/mol. The largest absolute Gasteiger partial charge is 0.354 e. The van der Waals surface area contributed by atoms with Gasteiger partial charge < -0.3 is 10.2 Å². The molecule has 1 aliphatic heterocycles. The number of piperazine rings is 1. The van der Waals surface area contributed by atoms with E-state index in [1.807, 2.05) is 0 Å². The van der Waals surface area contributed by atoms with Gasteiger partial charge in [0, 0.05) is 31.6 Å². The van der Waals surface area contributed by atoms with Gasteiger partial charge in [-0.25, -0.2) is 4.98 Å². The Morgan fingerprint density at radius 1 is 1.10 bits per heavy atom. The summed E-state index contributed by atoms with van der Waals surface area (Å²) in [6.07, 6.45) is 2.11. The predicted octanol–water partition coefficient (Wildman–Crippen LogP) is 3.19. The fourth-order valence-corrected chi connectivity index (χ4v) is 2.88. The van der Waals surface area contributed by atoms with E-state index in [0.717, 1.165) is 44.5 Å². The zero-order valence-electron chi connectivity index (χ0n) is 12.9. The van der Waals surface area contributed by atoms with Gasteiger partial charge in [-0.2, -0.15) is 0 Å². The van der Waals surface area contributed by atoms with Crippen molar-refractivity contribution in [1.29, 1.82) is 0 Å². The van der Waals surface area contributed by atoms with Crippen molar-refractivity contribution in [2.45, 2.75) is 26.7 Å². The van der Waals surface area contributed by atoms with Gasteiger partial charge in [0.25, 0.3) is 0 Å². The third-order valence-electron chi connectivity index (χ3n) is 4.14. The van der Waals surface area contributed by atoms with Crippen LogP contribution in [0.25, 0.3) is 10.9 Å². The third-order valence-corrected chi connectivity index (χ3v) is 4.14. The van der Waals surface area contributed by atoms with Crippen LogP contribution in [0.2, 0.25) is 0 Å². The highest BCUT2D eigenvalue weighted by atomic mass is 35.5. The minimum atomic E-state index is 0. The van der Waals surface area contributed by atoms with Crippen LogP contribution in [0.4, 0.5) is 5.82 Å². The zero-order chi connectivity index (χ0) is 13.9. The Labute approximate surface area is 133 Å². The molecule has 0 amide bonds. The molecule has 3 nitrogen and oxygen atoms in total. The maximum absolute atomic E-state index is 4.98. The number of hydrogen-bond donors (Lipinski definition) is 1. The van der Waals surface area contributed by atoms with Crippen molar-refractivity contribution in [1.82, 2.24) is 10.3 Å². The van der Waals surface area contributed by atoms with Gasteiger partial charge in [-0.05, 0) is 36.1 Å². The number of hydrogen-bond acceptors (Lipinski definition) is 3. The third kappa shape index (κ3) is 3.30. The molecule has 114 valence electrons. The van der Waals surface area contributed by atoms with Crippen molar-refractivity contribution in [3.63, 3.8) is 0 Å². The molecule has 0 spiro atoms. The van der Waals surface area contributed by atoms with Gasteiger partial charge >= 0.3 is 0 Å². The Morgan fingerprint density at radius 2 is 1.86 bits per heavy atom.